The topological polar surface area (TPSA) is 78.5 Å². The number of anilines is 1. The van der Waals surface area contributed by atoms with Crippen LogP contribution in [-0.2, 0) is 10.0 Å². The molecule has 2 aromatic carbocycles. The van der Waals surface area contributed by atoms with Crippen LogP contribution >= 0.6 is 0 Å². The van der Waals surface area contributed by atoms with Crippen LogP contribution in [0.15, 0.2) is 59.5 Å². The Morgan fingerprint density at radius 1 is 1.03 bits per heavy atom. The summed E-state index contributed by atoms with van der Waals surface area (Å²) in [7, 11) is -2.35. The summed E-state index contributed by atoms with van der Waals surface area (Å²) in [6.07, 6.45) is -3.88. The molecular formula is C19H22F3N3O3S. The van der Waals surface area contributed by atoms with E-state index in [1.807, 2.05) is 0 Å². The van der Waals surface area contributed by atoms with Gasteiger partial charge >= 0.3 is 6.18 Å². The summed E-state index contributed by atoms with van der Waals surface area (Å²) in [5, 5.41) is 2.63. The van der Waals surface area contributed by atoms with Crippen LogP contribution in [0.4, 0.5) is 18.9 Å². The summed E-state index contributed by atoms with van der Waals surface area (Å²) in [5.74, 6) is -0.388. The Labute approximate surface area is 167 Å². The Bertz CT molecular complexity index is 902. The number of halogens is 3. The summed E-state index contributed by atoms with van der Waals surface area (Å²) in [6, 6.07) is 13.7. The van der Waals surface area contributed by atoms with Crippen LogP contribution in [0.2, 0.25) is 0 Å². The zero-order valence-electron chi connectivity index (χ0n) is 15.7. The molecule has 0 bridgehead atoms. The van der Waals surface area contributed by atoms with Gasteiger partial charge in [0.25, 0.3) is 15.9 Å². The molecule has 0 heterocycles. The van der Waals surface area contributed by atoms with Crippen molar-refractivity contribution in [2.45, 2.75) is 17.5 Å². The molecule has 0 aliphatic heterocycles. The van der Waals surface area contributed by atoms with E-state index in [0.29, 0.717) is 17.7 Å². The fourth-order valence-corrected chi connectivity index (χ4v) is 3.62. The molecule has 0 aliphatic carbocycles. The summed E-state index contributed by atoms with van der Waals surface area (Å²) < 4.78 is 63.7. The maximum Gasteiger partial charge on any atom is 0.401 e. The fraction of sp³-hybridized carbons (Fsp3) is 0.316. The second-order valence-electron chi connectivity index (χ2n) is 6.46. The van der Waals surface area contributed by atoms with Crippen molar-refractivity contribution in [2.75, 3.05) is 31.4 Å². The first-order valence-electron chi connectivity index (χ1n) is 8.78. The minimum atomic E-state index is -4.25. The van der Waals surface area contributed by atoms with Gasteiger partial charge in [-0.15, -0.1) is 0 Å². The van der Waals surface area contributed by atoms with Crippen molar-refractivity contribution < 1.29 is 26.4 Å². The van der Waals surface area contributed by atoms with Crippen molar-refractivity contribution in [1.29, 1.82) is 0 Å². The van der Waals surface area contributed by atoms with Gasteiger partial charge in [0, 0.05) is 17.8 Å². The van der Waals surface area contributed by atoms with Gasteiger partial charge in [-0.25, -0.2) is 8.42 Å². The molecule has 0 fully saturated rings. The molecule has 10 heteroatoms. The lowest BCUT2D eigenvalue weighted by Gasteiger charge is -2.18. The van der Waals surface area contributed by atoms with Crippen molar-refractivity contribution >= 4 is 21.6 Å². The zero-order chi connectivity index (χ0) is 21.5. The number of amides is 1. The van der Waals surface area contributed by atoms with Crippen molar-refractivity contribution in [3.05, 3.63) is 60.2 Å². The number of nitrogens with one attached hydrogen (secondary N) is 2. The molecule has 0 saturated heterocycles. The first kappa shape index (κ1) is 22.7. The summed E-state index contributed by atoms with van der Waals surface area (Å²) in [6.45, 7) is -0.579. The zero-order valence-corrected chi connectivity index (χ0v) is 16.6. The molecule has 1 amide bonds. The van der Waals surface area contributed by atoms with Gasteiger partial charge in [0.1, 0.15) is 0 Å². The van der Waals surface area contributed by atoms with Crippen LogP contribution in [0.25, 0.3) is 0 Å². The smallest absolute Gasteiger partial charge is 0.352 e. The molecule has 2 N–H and O–H groups in total. The monoisotopic (exact) mass is 429 g/mol. The number of nitrogens with zero attached hydrogens (tertiary/aromatic N) is 1. The van der Waals surface area contributed by atoms with Gasteiger partial charge in [-0.1, -0.05) is 18.2 Å². The van der Waals surface area contributed by atoms with Crippen LogP contribution in [0.3, 0.4) is 0 Å². The Balaban J connectivity index is 1.83. The molecular weight excluding hydrogens is 407 g/mol. The van der Waals surface area contributed by atoms with E-state index in [4.69, 9.17) is 0 Å². The third kappa shape index (κ3) is 7.74. The average Bonchev–Trinajstić information content (AvgIpc) is 2.65. The van der Waals surface area contributed by atoms with Gasteiger partial charge in [0.05, 0.1) is 11.4 Å². The van der Waals surface area contributed by atoms with Crippen LogP contribution < -0.4 is 10.0 Å². The lowest BCUT2D eigenvalue weighted by molar-refractivity contribution is -0.143. The van der Waals surface area contributed by atoms with Gasteiger partial charge in [0.15, 0.2) is 0 Å². The van der Waals surface area contributed by atoms with Gasteiger partial charge in [-0.3, -0.25) is 14.4 Å². The Kier molecular flexibility index (Phi) is 7.63. The van der Waals surface area contributed by atoms with E-state index in [1.54, 1.807) is 18.2 Å². The van der Waals surface area contributed by atoms with Gasteiger partial charge in [-0.2, -0.15) is 13.2 Å². The van der Waals surface area contributed by atoms with E-state index < -0.39 is 22.7 Å². The molecule has 0 radical (unpaired) electrons. The van der Waals surface area contributed by atoms with E-state index in [0.717, 1.165) is 4.90 Å². The lowest BCUT2D eigenvalue weighted by atomic mass is 10.2. The first-order chi connectivity index (χ1) is 13.6. The SMILES string of the molecule is CN(CCCNC(=O)c1ccc(NS(=O)(=O)c2ccccc2)cc1)CC(F)(F)F. The first-order valence-corrected chi connectivity index (χ1v) is 10.3. The molecule has 0 unspecified atom stereocenters. The van der Waals surface area contributed by atoms with Crippen LogP contribution in [0, 0.1) is 0 Å². The van der Waals surface area contributed by atoms with Crippen molar-refractivity contribution in [1.82, 2.24) is 10.2 Å². The molecule has 29 heavy (non-hydrogen) atoms. The molecule has 158 valence electrons. The van der Waals surface area contributed by atoms with E-state index in [2.05, 4.69) is 10.0 Å². The number of rotatable bonds is 9. The predicted octanol–water partition coefficient (Wildman–Crippen LogP) is 3.10. The van der Waals surface area contributed by atoms with E-state index in [-0.39, 0.29) is 23.9 Å². The predicted molar refractivity (Wildman–Crippen MR) is 104 cm³/mol. The highest BCUT2D eigenvalue weighted by molar-refractivity contribution is 7.92. The quantitative estimate of drug-likeness (QED) is 0.601. The number of benzene rings is 2. The van der Waals surface area contributed by atoms with Gasteiger partial charge in [0.2, 0.25) is 0 Å². The minimum absolute atomic E-state index is 0.123. The Hall–Kier alpha value is -2.59. The van der Waals surface area contributed by atoms with Crippen molar-refractivity contribution in [2.24, 2.45) is 0 Å². The highest BCUT2D eigenvalue weighted by Crippen LogP contribution is 2.17. The number of hydrogen-bond acceptors (Lipinski definition) is 4. The Morgan fingerprint density at radius 2 is 1.66 bits per heavy atom. The molecule has 0 spiro atoms. The van der Waals surface area contributed by atoms with Crippen LogP contribution in [-0.4, -0.2) is 52.1 Å². The number of carbonyl (C=O) groups excluding carboxylic acids is 1. The van der Waals surface area contributed by atoms with Crippen LogP contribution in [0.5, 0.6) is 0 Å². The van der Waals surface area contributed by atoms with Crippen molar-refractivity contribution in [3.8, 4) is 0 Å². The maximum atomic E-state index is 12.3. The van der Waals surface area contributed by atoms with E-state index in [9.17, 15) is 26.4 Å². The van der Waals surface area contributed by atoms with Gasteiger partial charge in [-0.05, 0) is 56.4 Å². The molecule has 0 saturated carbocycles. The average molecular weight is 429 g/mol. The van der Waals surface area contributed by atoms with E-state index in [1.165, 1.54) is 43.4 Å². The Morgan fingerprint density at radius 3 is 2.24 bits per heavy atom. The second kappa shape index (κ2) is 9.75. The number of alkyl halides is 3. The van der Waals surface area contributed by atoms with Crippen LogP contribution in [0.1, 0.15) is 16.8 Å². The molecule has 0 aromatic heterocycles. The number of carbonyl (C=O) groups is 1. The normalized spacial score (nSPS) is 12.0. The highest BCUT2D eigenvalue weighted by Gasteiger charge is 2.28. The number of sulfonamides is 1. The lowest BCUT2D eigenvalue weighted by Crippen LogP contribution is -2.33. The van der Waals surface area contributed by atoms with E-state index >= 15 is 0 Å². The third-order valence-corrected chi connectivity index (χ3v) is 5.30. The standard InChI is InChI=1S/C19H22F3N3O3S/c1-25(14-19(20,21)22)13-5-12-23-18(26)15-8-10-16(11-9-15)24-29(27,28)17-6-3-2-4-7-17/h2-4,6-11,24H,5,12-14H2,1H3,(H,23,26). The summed E-state index contributed by atoms with van der Waals surface area (Å²) in [4.78, 5) is 13.4. The van der Waals surface area contributed by atoms with Gasteiger partial charge < -0.3 is 5.32 Å². The number of hydrogen-bond donors (Lipinski definition) is 2. The third-order valence-electron chi connectivity index (χ3n) is 3.90. The summed E-state index contributed by atoms with van der Waals surface area (Å²) >= 11 is 0. The van der Waals surface area contributed by atoms with Crippen molar-refractivity contribution in [3.63, 3.8) is 0 Å². The molecule has 0 atom stereocenters. The fourth-order valence-electron chi connectivity index (χ4n) is 2.54. The second-order valence-corrected chi connectivity index (χ2v) is 8.14. The molecule has 2 aromatic rings. The highest BCUT2D eigenvalue weighted by atomic mass is 32.2. The molecule has 2 rings (SSSR count). The largest absolute Gasteiger partial charge is 0.401 e. The minimum Gasteiger partial charge on any atom is -0.352 e. The molecule has 0 aliphatic rings. The molecule has 6 nitrogen and oxygen atoms in total. The maximum absolute atomic E-state index is 12.3. The summed E-state index contributed by atoms with van der Waals surface area (Å²) in [5.41, 5.74) is 0.621.